The van der Waals surface area contributed by atoms with E-state index in [1.54, 1.807) is 0 Å². The fourth-order valence-corrected chi connectivity index (χ4v) is 3.32. The zero-order chi connectivity index (χ0) is 21.8. The number of halogens is 1. The predicted octanol–water partition coefficient (Wildman–Crippen LogP) is 4.54. The van der Waals surface area contributed by atoms with E-state index < -0.39 is 0 Å². The quantitative estimate of drug-likeness (QED) is 0.694. The SMILES string of the molecule is CC(C)C(=O)Nc1ccc(N(C)C)c(CN(CC2CC2)C(=O)c2ccc(F)cc2)c1. The van der Waals surface area contributed by atoms with Gasteiger partial charge in [-0.3, -0.25) is 9.59 Å². The highest BCUT2D eigenvalue weighted by atomic mass is 19.1. The van der Waals surface area contributed by atoms with Crippen molar-refractivity contribution >= 4 is 23.2 Å². The lowest BCUT2D eigenvalue weighted by Gasteiger charge is -2.26. The van der Waals surface area contributed by atoms with E-state index in [0.717, 1.165) is 29.8 Å². The summed E-state index contributed by atoms with van der Waals surface area (Å²) in [4.78, 5) is 29.1. The van der Waals surface area contributed by atoms with Crippen molar-refractivity contribution in [3.05, 3.63) is 59.4 Å². The van der Waals surface area contributed by atoms with Crippen LogP contribution in [0.2, 0.25) is 0 Å². The van der Waals surface area contributed by atoms with Crippen LogP contribution in [0.15, 0.2) is 42.5 Å². The second-order valence-corrected chi connectivity index (χ2v) is 8.52. The van der Waals surface area contributed by atoms with Gasteiger partial charge in [0.25, 0.3) is 5.91 Å². The van der Waals surface area contributed by atoms with Crippen LogP contribution in [0.25, 0.3) is 0 Å². The van der Waals surface area contributed by atoms with Crippen molar-refractivity contribution in [3.63, 3.8) is 0 Å². The predicted molar refractivity (Wildman–Crippen MR) is 118 cm³/mol. The molecule has 1 saturated carbocycles. The minimum atomic E-state index is -0.358. The van der Waals surface area contributed by atoms with Crippen molar-refractivity contribution in [3.8, 4) is 0 Å². The number of hydrogen-bond acceptors (Lipinski definition) is 3. The van der Waals surface area contributed by atoms with Gasteiger partial charge in [-0.05, 0) is 66.8 Å². The van der Waals surface area contributed by atoms with Crippen LogP contribution >= 0.6 is 0 Å². The fourth-order valence-electron chi connectivity index (χ4n) is 3.32. The molecule has 0 aromatic heterocycles. The summed E-state index contributed by atoms with van der Waals surface area (Å²) in [6, 6.07) is 11.5. The van der Waals surface area contributed by atoms with Crippen LogP contribution in [-0.4, -0.2) is 37.4 Å². The topological polar surface area (TPSA) is 52.7 Å². The van der Waals surface area contributed by atoms with E-state index in [-0.39, 0.29) is 23.5 Å². The van der Waals surface area contributed by atoms with Crippen LogP contribution in [0, 0.1) is 17.7 Å². The van der Waals surface area contributed by atoms with Crippen LogP contribution in [0.4, 0.5) is 15.8 Å². The number of nitrogens with zero attached hydrogens (tertiary/aromatic N) is 2. The second-order valence-electron chi connectivity index (χ2n) is 8.52. The Balaban J connectivity index is 1.88. The standard InChI is InChI=1S/C24H30FN3O2/c1-16(2)23(29)26-21-11-12-22(27(3)4)19(13-21)15-28(14-17-5-6-17)24(30)18-7-9-20(25)10-8-18/h7-13,16-17H,5-6,14-15H2,1-4H3,(H,26,29). The molecule has 0 unspecified atom stereocenters. The third kappa shape index (κ3) is 5.59. The molecule has 0 bridgehead atoms. The zero-order valence-electron chi connectivity index (χ0n) is 18.1. The van der Waals surface area contributed by atoms with Crippen molar-refractivity contribution in [1.29, 1.82) is 0 Å². The molecule has 30 heavy (non-hydrogen) atoms. The molecule has 160 valence electrons. The maximum Gasteiger partial charge on any atom is 0.254 e. The van der Waals surface area contributed by atoms with Gasteiger partial charge in [-0.15, -0.1) is 0 Å². The van der Waals surface area contributed by atoms with E-state index in [4.69, 9.17) is 0 Å². The number of nitrogens with one attached hydrogen (secondary N) is 1. The number of carbonyl (C=O) groups excluding carboxylic acids is 2. The number of rotatable bonds is 8. The highest BCUT2D eigenvalue weighted by molar-refractivity contribution is 5.94. The lowest BCUT2D eigenvalue weighted by atomic mass is 10.1. The first-order valence-corrected chi connectivity index (χ1v) is 10.4. The van der Waals surface area contributed by atoms with Gasteiger partial charge in [0.05, 0.1) is 0 Å². The van der Waals surface area contributed by atoms with Crippen LogP contribution < -0.4 is 10.2 Å². The number of carbonyl (C=O) groups is 2. The molecule has 1 N–H and O–H groups in total. The Morgan fingerprint density at radius 2 is 1.77 bits per heavy atom. The summed E-state index contributed by atoms with van der Waals surface area (Å²) in [5.41, 5.74) is 3.14. The summed E-state index contributed by atoms with van der Waals surface area (Å²) in [5.74, 6) is -0.114. The van der Waals surface area contributed by atoms with Gasteiger partial charge in [-0.2, -0.15) is 0 Å². The lowest BCUT2D eigenvalue weighted by Crippen LogP contribution is -2.33. The van der Waals surface area contributed by atoms with Gasteiger partial charge in [0.1, 0.15) is 5.82 Å². The highest BCUT2D eigenvalue weighted by Gasteiger charge is 2.28. The summed E-state index contributed by atoms with van der Waals surface area (Å²) in [6.07, 6.45) is 2.25. The van der Waals surface area contributed by atoms with E-state index in [1.807, 2.05) is 55.9 Å². The average Bonchev–Trinajstić information content (AvgIpc) is 3.51. The van der Waals surface area contributed by atoms with E-state index >= 15 is 0 Å². The first-order valence-electron chi connectivity index (χ1n) is 10.4. The number of amides is 2. The Hall–Kier alpha value is -2.89. The Morgan fingerprint density at radius 3 is 2.33 bits per heavy atom. The molecule has 0 saturated heterocycles. The molecular formula is C24H30FN3O2. The van der Waals surface area contributed by atoms with E-state index in [9.17, 15) is 14.0 Å². The molecule has 0 spiro atoms. The number of anilines is 2. The molecular weight excluding hydrogens is 381 g/mol. The molecule has 2 aromatic rings. The van der Waals surface area contributed by atoms with Crippen molar-refractivity contribution < 1.29 is 14.0 Å². The van der Waals surface area contributed by atoms with Gasteiger partial charge >= 0.3 is 0 Å². The molecule has 6 heteroatoms. The summed E-state index contributed by atoms with van der Waals surface area (Å²) in [5, 5.41) is 2.94. The summed E-state index contributed by atoms with van der Waals surface area (Å²) in [7, 11) is 3.91. The van der Waals surface area contributed by atoms with Gasteiger partial charge in [0.15, 0.2) is 0 Å². The molecule has 0 radical (unpaired) electrons. The van der Waals surface area contributed by atoms with Gasteiger partial charge in [-0.1, -0.05) is 13.8 Å². The van der Waals surface area contributed by atoms with Crippen LogP contribution in [0.5, 0.6) is 0 Å². The Morgan fingerprint density at radius 1 is 1.10 bits per heavy atom. The molecule has 0 atom stereocenters. The average molecular weight is 412 g/mol. The third-order valence-electron chi connectivity index (χ3n) is 5.27. The van der Waals surface area contributed by atoms with Crippen LogP contribution in [-0.2, 0) is 11.3 Å². The molecule has 2 aromatic carbocycles. The summed E-state index contributed by atoms with van der Waals surface area (Å²) >= 11 is 0. The number of hydrogen-bond donors (Lipinski definition) is 1. The normalized spacial score (nSPS) is 13.3. The van der Waals surface area contributed by atoms with Crippen molar-refractivity contribution in [2.75, 3.05) is 30.9 Å². The number of benzene rings is 2. The molecule has 0 heterocycles. The largest absolute Gasteiger partial charge is 0.377 e. The van der Waals surface area contributed by atoms with Gasteiger partial charge in [0, 0.05) is 50.0 Å². The van der Waals surface area contributed by atoms with E-state index in [2.05, 4.69) is 5.32 Å². The van der Waals surface area contributed by atoms with Crippen LogP contribution in [0.3, 0.4) is 0 Å². The molecule has 5 nitrogen and oxygen atoms in total. The molecule has 3 rings (SSSR count). The van der Waals surface area contributed by atoms with Gasteiger partial charge < -0.3 is 15.1 Å². The molecule has 1 fully saturated rings. The Bertz CT molecular complexity index is 905. The zero-order valence-corrected chi connectivity index (χ0v) is 18.1. The van der Waals surface area contributed by atoms with E-state index in [0.29, 0.717) is 24.6 Å². The lowest BCUT2D eigenvalue weighted by molar-refractivity contribution is -0.118. The molecule has 2 amide bonds. The molecule has 1 aliphatic carbocycles. The van der Waals surface area contributed by atoms with Gasteiger partial charge in [-0.25, -0.2) is 4.39 Å². The second kappa shape index (κ2) is 9.28. The Kier molecular flexibility index (Phi) is 6.75. The van der Waals surface area contributed by atoms with Crippen molar-refractivity contribution in [1.82, 2.24) is 4.90 Å². The van der Waals surface area contributed by atoms with Crippen molar-refractivity contribution in [2.45, 2.75) is 33.2 Å². The maximum atomic E-state index is 13.3. The molecule has 0 aliphatic heterocycles. The first-order chi connectivity index (χ1) is 14.2. The Labute approximate surface area is 177 Å². The summed E-state index contributed by atoms with van der Waals surface area (Å²) in [6.45, 7) is 4.80. The summed E-state index contributed by atoms with van der Waals surface area (Å²) < 4.78 is 13.3. The van der Waals surface area contributed by atoms with Crippen LogP contribution in [0.1, 0.15) is 42.6 Å². The third-order valence-corrected chi connectivity index (χ3v) is 5.27. The fraction of sp³-hybridized carbons (Fsp3) is 0.417. The maximum absolute atomic E-state index is 13.3. The van der Waals surface area contributed by atoms with Crippen molar-refractivity contribution in [2.24, 2.45) is 11.8 Å². The van der Waals surface area contributed by atoms with E-state index in [1.165, 1.54) is 24.3 Å². The first kappa shape index (κ1) is 21.8. The highest BCUT2D eigenvalue weighted by Crippen LogP contribution is 2.32. The minimum Gasteiger partial charge on any atom is -0.377 e. The monoisotopic (exact) mass is 411 g/mol. The smallest absolute Gasteiger partial charge is 0.254 e. The van der Waals surface area contributed by atoms with Gasteiger partial charge in [0.2, 0.25) is 5.91 Å². The molecule has 1 aliphatic rings. The minimum absolute atomic E-state index is 0.0456.